The molecule has 3 rings (SSSR count). The van der Waals surface area contributed by atoms with Crippen LogP contribution < -0.4 is 10.6 Å². The Hall–Kier alpha value is -3.21. The highest BCUT2D eigenvalue weighted by Crippen LogP contribution is 2.17. The number of carbonyl (C=O) groups is 1. The van der Waals surface area contributed by atoms with Gasteiger partial charge in [0, 0.05) is 29.6 Å². The monoisotopic (exact) mass is 332 g/mol. The van der Waals surface area contributed by atoms with E-state index in [1.165, 1.54) is 5.56 Å². The van der Waals surface area contributed by atoms with Gasteiger partial charge in [-0.1, -0.05) is 30.3 Å². The van der Waals surface area contributed by atoms with Crippen molar-refractivity contribution >= 4 is 23.2 Å². The number of hydrogen-bond donors (Lipinski definition) is 2. The summed E-state index contributed by atoms with van der Waals surface area (Å²) in [6, 6.07) is 19.3. The van der Waals surface area contributed by atoms with Crippen LogP contribution in [-0.2, 0) is 6.54 Å². The van der Waals surface area contributed by atoms with Gasteiger partial charge in [0.1, 0.15) is 5.82 Å². The highest BCUT2D eigenvalue weighted by Gasteiger charge is 2.04. The van der Waals surface area contributed by atoms with Crippen molar-refractivity contribution in [3.8, 4) is 0 Å². The number of nitrogens with zero attached hydrogens (tertiary/aromatic N) is 2. The number of carbonyl (C=O) groups excluding carboxylic acids is 1. The van der Waals surface area contributed by atoms with Crippen LogP contribution in [0, 0.1) is 6.92 Å². The Morgan fingerprint density at radius 3 is 2.40 bits per heavy atom. The number of rotatable bonds is 6. The molecule has 0 saturated carbocycles. The summed E-state index contributed by atoms with van der Waals surface area (Å²) in [5.41, 5.74) is 3.58. The van der Waals surface area contributed by atoms with E-state index in [-0.39, 0.29) is 5.78 Å². The molecule has 0 radical (unpaired) electrons. The van der Waals surface area contributed by atoms with E-state index in [1.807, 2.05) is 43.3 Å². The Labute approximate surface area is 147 Å². The largest absolute Gasteiger partial charge is 0.366 e. The summed E-state index contributed by atoms with van der Waals surface area (Å²) in [4.78, 5) is 20.3. The molecule has 5 heteroatoms. The average molecular weight is 332 g/mol. The van der Waals surface area contributed by atoms with Crippen LogP contribution in [0.2, 0.25) is 0 Å². The van der Waals surface area contributed by atoms with Gasteiger partial charge in [-0.15, -0.1) is 0 Å². The molecule has 0 aliphatic heterocycles. The predicted octanol–water partition coefficient (Wildman–Crippen LogP) is 4.34. The molecule has 3 aromatic rings. The van der Waals surface area contributed by atoms with Crippen LogP contribution in [-0.4, -0.2) is 15.8 Å². The lowest BCUT2D eigenvalue weighted by Crippen LogP contribution is -2.05. The van der Waals surface area contributed by atoms with Gasteiger partial charge in [0.05, 0.1) is 0 Å². The molecule has 0 unspecified atom stereocenters. The van der Waals surface area contributed by atoms with Crippen LogP contribution in [0.15, 0.2) is 60.7 Å². The molecule has 1 heterocycles. The molecule has 1 aromatic heterocycles. The summed E-state index contributed by atoms with van der Waals surface area (Å²) in [6.45, 7) is 4.18. The van der Waals surface area contributed by atoms with Crippen molar-refractivity contribution in [2.75, 3.05) is 10.6 Å². The topological polar surface area (TPSA) is 66.9 Å². The number of benzene rings is 2. The highest BCUT2D eigenvalue weighted by atomic mass is 16.1. The van der Waals surface area contributed by atoms with E-state index in [2.05, 4.69) is 32.7 Å². The predicted molar refractivity (Wildman–Crippen MR) is 100 cm³/mol. The fourth-order valence-corrected chi connectivity index (χ4v) is 2.42. The third-order valence-corrected chi connectivity index (χ3v) is 3.72. The first-order valence-electron chi connectivity index (χ1n) is 8.12. The SMILES string of the molecule is CC(=O)c1ccc(Nc2nc(C)cc(NCc3ccccc3)n2)cc1. The zero-order chi connectivity index (χ0) is 17.6. The van der Waals surface area contributed by atoms with E-state index in [1.54, 1.807) is 19.1 Å². The first kappa shape index (κ1) is 16.6. The van der Waals surface area contributed by atoms with Gasteiger partial charge in [-0.05, 0) is 43.7 Å². The molecule has 25 heavy (non-hydrogen) atoms. The van der Waals surface area contributed by atoms with Gasteiger partial charge in [-0.3, -0.25) is 4.79 Å². The summed E-state index contributed by atoms with van der Waals surface area (Å²) in [7, 11) is 0. The molecular weight excluding hydrogens is 312 g/mol. The quantitative estimate of drug-likeness (QED) is 0.657. The highest BCUT2D eigenvalue weighted by molar-refractivity contribution is 5.94. The average Bonchev–Trinajstić information content (AvgIpc) is 2.61. The number of Topliss-reactive ketones (excluding diaryl/α,β-unsaturated/α-hetero) is 1. The number of hydrogen-bond acceptors (Lipinski definition) is 5. The Morgan fingerprint density at radius 2 is 1.72 bits per heavy atom. The van der Waals surface area contributed by atoms with Crippen molar-refractivity contribution in [3.63, 3.8) is 0 Å². The molecule has 0 bridgehead atoms. The molecule has 0 aliphatic rings. The van der Waals surface area contributed by atoms with Crippen LogP contribution in [0.4, 0.5) is 17.5 Å². The lowest BCUT2D eigenvalue weighted by Gasteiger charge is -2.10. The van der Waals surface area contributed by atoms with Gasteiger partial charge in [-0.25, -0.2) is 4.98 Å². The van der Waals surface area contributed by atoms with Crippen molar-refractivity contribution in [2.24, 2.45) is 0 Å². The molecule has 126 valence electrons. The van der Waals surface area contributed by atoms with Crippen LogP contribution in [0.1, 0.15) is 28.5 Å². The fourth-order valence-electron chi connectivity index (χ4n) is 2.42. The van der Waals surface area contributed by atoms with Crippen molar-refractivity contribution in [1.82, 2.24) is 9.97 Å². The molecule has 0 spiro atoms. The number of aryl methyl sites for hydroxylation is 1. The van der Waals surface area contributed by atoms with Crippen molar-refractivity contribution in [2.45, 2.75) is 20.4 Å². The molecule has 5 nitrogen and oxygen atoms in total. The Kier molecular flexibility index (Phi) is 5.04. The zero-order valence-electron chi connectivity index (χ0n) is 14.3. The lowest BCUT2D eigenvalue weighted by molar-refractivity contribution is 0.101. The van der Waals surface area contributed by atoms with E-state index in [0.29, 0.717) is 18.1 Å². The van der Waals surface area contributed by atoms with Crippen molar-refractivity contribution < 1.29 is 4.79 Å². The summed E-state index contributed by atoms with van der Waals surface area (Å²) < 4.78 is 0. The number of anilines is 3. The van der Waals surface area contributed by atoms with Gasteiger partial charge in [-0.2, -0.15) is 4.98 Å². The molecule has 0 fully saturated rings. The summed E-state index contributed by atoms with van der Waals surface area (Å²) >= 11 is 0. The lowest BCUT2D eigenvalue weighted by atomic mass is 10.1. The van der Waals surface area contributed by atoms with E-state index in [9.17, 15) is 4.79 Å². The zero-order valence-corrected chi connectivity index (χ0v) is 14.3. The Morgan fingerprint density at radius 1 is 1.00 bits per heavy atom. The minimum Gasteiger partial charge on any atom is -0.366 e. The van der Waals surface area contributed by atoms with Gasteiger partial charge < -0.3 is 10.6 Å². The van der Waals surface area contributed by atoms with Gasteiger partial charge in [0.15, 0.2) is 5.78 Å². The Balaban J connectivity index is 1.71. The minimum absolute atomic E-state index is 0.0470. The van der Waals surface area contributed by atoms with E-state index < -0.39 is 0 Å². The Bertz CT molecular complexity index is 861. The molecule has 0 amide bonds. The first-order chi connectivity index (χ1) is 12.1. The molecule has 0 aliphatic carbocycles. The standard InChI is InChI=1S/C20H20N4O/c1-14-12-19(21-13-16-6-4-3-5-7-16)24-20(22-14)23-18-10-8-17(9-11-18)15(2)25/h3-12H,13H2,1-2H3,(H2,21,22,23,24). The summed E-state index contributed by atoms with van der Waals surface area (Å²) in [5.74, 6) is 1.33. The third kappa shape index (κ3) is 4.64. The smallest absolute Gasteiger partial charge is 0.229 e. The van der Waals surface area contributed by atoms with Gasteiger partial charge in [0.25, 0.3) is 0 Å². The van der Waals surface area contributed by atoms with E-state index >= 15 is 0 Å². The molecule has 2 N–H and O–H groups in total. The summed E-state index contributed by atoms with van der Waals surface area (Å²) in [6.07, 6.45) is 0. The number of nitrogens with one attached hydrogen (secondary N) is 2. The van der Waals surface area contributed by atoms with Crippen molar-refractivity contribution in [1.29, 1.82) is 0 Å². The molecule has 0 atom stereocenters. The maximum Gasteiger partial charge on any atom is 0.229 e. The normalized spacial score (nSPS) is 10.3. The van der Waals surface area contributed by atoms with E-state index in [0.717, 1.165) is 17.2 Å². The third-order valence-electron chi connectivity index (χ3n) is 3.72. The van der Waals surface area contributed by atoms with Crippen LogP contribution in [0.3, 0.4) is 0 Å². The van der Waals surface area contributed by atoms with Crippen molar-refractivity contribution in [3.05, 3.63) is 77.5 Å². The second kappa shape index (κ2) is 7.57. The maximum absolute atomic E-state index is 11.3. The van der Waals surface area contributed by atoms with Gasteiger partial charge >= 0.3 is 0 Å². The van der Waals surface area contributed by atoms with Gasteiger partial charge in [0.2, 0.25) is 5.95 Å². The maximum atomic E-state index is 11.3. The minimum atomic E-state index is 0.0470. The first-order valence-corrected chi connectivity index (χ1v) is 8.12. The number of aromatic nitrogens is 2. The number of ketones is 1. The van der Waals surface area contributed by atoms with Crippen LogP contribution in [0.5, 0.6) is 0 Å². The van der Waals surface area contributed by atoms with Crippen LogP contribution >= 0.6 is 0 Å². The molecule has 2 aromatic carbocycles. The summed E-state index contributed by atoms with van der Waals surface area (Å²) in [5, 5.41) is 6.49. The van der Waals surface area contributed by atoms with E-state index in [4.69, 9.17) is 0 Å². The molecular formula is C20H20N4O. The second-order valence-corrected chi connectivity index (χ2v) is 5.82. The van der Waals surface area contributed by atoms with Crippen LogP contribution in [0.25, 0.3) is 0 Å². The second-order valence-electron chi connectivity index (χ2n) is 5.82. The molecule has 0 saturated heterocycles. The fraction of sp³-hybridized carbons (Fsp3) is 0.150.